The molecule has 2 atom stereocenters. The molecule has 22 heavy (non-hydrogen) atoms. The van der Waals surface area contributed by atoms with Crippen molar-refractivity contribution in [1.82, 2.24) is 9.88 Å². The second-order valence-corrected chi connectivity index (χ2v) is 6.48. The molecule has 0 radical (unpaired) electrons. The highest BCUT2D eigenvalue weighted by Crippen LogP contribution is 2.42. The third kappa shape index (κ3) is 1.77. The van der Waals surface area contributed by atoms with Gasteiger partial charge in [-0.3, -0.25) is 9.69 Å². The smallest absolute Gasteiger partial charge is 0.225 e. The van der Waals surface area contributed by atoms with Gasteiger partial charge in [0.1, 0.15) is 0 Å². The molecule has 2 aromatic rings. The number of aryl methyl sites for hydroxylation is 1. The minimum atomic E-state index is -0.233. The Bertz CT molecular complexity index is 802. The van der Waals surface area contributed by atoms with E-state index in [1.54, 1.807) is 0 Å². The van der Waals surface area contributed by atoms with Crippen LogP contribution >= 0.6 is 0 Å². The van der Waals surface area contributed by atoms with Gasteiger partial charge in [-0.1, -0.05) is 19.1 Å². The zero-order valence-corrected chi connectivity index (χ0v) is 13.0. The van der Waals surface area contributed by atoms with E-state index >= 15 is 0 Å². The lowest BCUT2D eigenvalue weighted by molar-refractivity contribution is -0.121. The maximum absolute atomic E-state index is 11.7. The highest BCUT2D eigenvalue weighted by Gasteiger charge is 2.35. The summed E-state index contributed by atoms with van der Waals surface area (Å²) in [6, 6.07) is 4.71. The summed E-state index contributed by atoms with van der Waals surface area (Å²) in [5.74, 6) is -0.431. The molecular weight excluding hydrogens is 274 g/mol. The second kappa shape index (κ2) is 4.71. The first kappa shape index (κ1) is 13.6. The van der Waals surface area contributed by atoms with Crippen molar-refractivity contribution in [2.45, 2.75) is 25.8 Å². The van der Waals surface area contributed by atoms with Crippen molar-refractivity contribution < 1.29 is 4.79 Å². The minimum Gasteiger partial charge on any atom is -0.369 e. The number of amides is 1. The van der Waals surface area contributed by atoms with Gasteiger partial charge < -0.3 is 10.7 Å². The topological polar surface area (TPSA) is 62.1 Å². The zero-order valence-electron chi connectivity index (χ0n) is 13.0. The summed E-state index contributed by atoms with van der Waals surface area (Å²) in [6.45, 7) is 2.90. The SMILES string of the molecule is CCc1ccc2[nH]cc3c2c1C1=CC(C(N)=O)CN(C)C1C3. The summed E-state index contributed by atoms with van der Waals surface area (Å²) in [6.07, 6.45) is 6.24. The molecule has 2 heterocycles. The van der Waals surface area contributed by atoms with Gasteiger partial charge in [0.15, 0.2) is 0 Å². The van der Waals surface area contributed by atoms with Gasteiger partial charge >= 0.3 is 0 Å². The Kier molecular flexibility index (Phi) is 2.91. The summed E-state index contributed by atoms with van der Waals surface area (Å²) in [5.41, 5.74) is 12.1. The third-order valence-electron chi connectivity index (χ3n) is 5.22. The Morgan fingerprint density at radius 3 is 3.00 bits per heavy atom. The molecule has 2 unspecified atom stereocenters. The molecule has 0 fully saturated rings. The van der Waals surface area contributed by atoms with Crippen LogP contribution in [0.4, 0.5) is 0 Å². The predicted molar refractivity (Wildman–Crippen MR) is 88.5 cm³/mol. The first-order chi connectivity index (χ1) is 10.6. The van der Waals surface area contributed by atoms with Crippen LogP contribution in [0.1, 0.15) is 23.6 Å². The lowest BCUT2D eigenvalue weighted by Gasteiger charge is -2.39. The minimum absolute atomic E-state index is 0.197. The Hall–Kier alpha value is -2.07. The summed E-state index contributed by atoms with van der Waals surface area (Å²) < 4.78 is 0. The molecule has 3 N–H and O–H groups in total. The number of hydrogen-bond donors (Lipinski definition) is 2. The Morgan fingerprint density at radius 2 is 2.27 bits per heavy atom. The third-order valence-corrected chi connectivity index (χ3v) is 5.22. The van der Waals surface area contributed by atoms with E-state index in [-0.39, 0.29) is 11.8 Å². The van der Waals surface area contributed by atoms with E-state index in [0.717, 1.165) is 12.8 Å². The van der Waals surface area contributed by atoms with Crippen LogP contribution in [0.25, 0.3) is 16.5 Å². The van der Waals surface area contributed by atoms with Gasteiger partial charge in [-0.15, -0.1) is 0 Å². The van der Waals surface area contributed by atoms with Crippen LogP contribution in [0, 0.1) is 5.92 Å². The van der Waals surface area contributed by atoms with Crippen LogP contribution in [0.5, 0.6) is 0 Å². The lowest BCUT2D eigenvalue weighted by atomic mass is 9.77. The van der Waals surface area contributed by atoms with Gasteiger partial charge in [0.05, 0.1) is 5.92 Å². The van der Waals surface area contributed by atoms with Crippen LogP contribution < -0.4 is 5.73 Å². The summed E-state index contributed by atoms with van der Waals surface area (Å²) >= 11 is 0. The summed E-state index contributed by atoms with van der Waals surface area (Å²) in [5, 5.41) is 1.33. The fraction of sp³-hybridized carbons (Fsp3) is 0.389. The van der Waals surface area contributed by atoms with Crippen LogP contribution in [-0.2, 0) is 17.6 Å². The number of primary amides is 1. The van der Waals surface area contributed by atoms with Gasteiger partial charge in [0, 0.05) is 29.7 Å². The van der Waals surface area contributed by atoms with Crippen molar-refractivity contribution >= 4 is 22.4 Å². The molecule has 114 valence electrons. The number of hydrogen-bond acceptors (Lipinski definition) is 2. The lowest BCUT2D eigenvalue weighted by Crippen LogP contribution is -2.45. The quantitative estimate of drug-likeness (QED) is 0.891. The van der Waals surface area contributed by atoms with E-state index in [0.29, 0.717) is 12.6 Å². The number of carbonyl (C=O) groups excluding carboxylic acids is 1. The molecule has 0 spiro atoms. The first-order valence-electron chi connectivity index (χ1n) is 7.93. The van der Waals surface area contributed by atoms with E-state index in [1.807, 2.05) is 0 Å². The average molecular weight is 295 g/mol. The normalized spacial score (nSPS) is 24.2. The van der Waals surface area contributed by atoms with E-state index in [2.05, 4.69) is 48.3 Å². The van der Waals surface area contributed by atoms with Crippen molar-refractivity contribution in [3.05, 3.63) is 41.1 Å². The molecule has 1 aromatic carbocycles. The number of carbonyl (C=O) groups is 1. The number of aromatic amines is 1. The molecule has 4 rings (SSSR count). The highest BCUT2D eigenvalue weighted by atomic mass is 16.1. The van der Waals surface area contributed by atoms with Gasteiger partial charge in [0.25, 0.3) is 0 Å². The second-order valence-electron chi connectivity index (χ2n) is 6.48. The maximum atomic E-state index is 11.7. The van der Waals surface area contributed by atoms with Crippen molar-refractivity contribution in [3.63, 3.8) is 0 Å². The predicted octanol–water partition coefficient (Wildman–Crippen LogP) is 2.09. The van der Waals surface area contributed by atoms with Crippen LogP contribution in [-0.4, -0.2) is 35.4 Å². The summed E-state index contributed by atoms with van der Waals surface area (Å²) in [4.78, 5) is 17.4. The molecule has 0 saturated heterocycles. The van der Waals surface area contributed by atoms with Crippen molar-refractivity contribution in [2.24, 2.45) is 11.7 Å². The standard InChI is InChI=1S/C18H21N3O/c1-3-10-4-5-14-17-11(8-20-14)7-15-13(16(10)17)6-12(18(19)22)9-21(15)2/h4-6,8,12,15,20H,3,7,9H2,1-2H3,(H2,19,22). The molecule has 0 bridgehead atoms. The van der Waals surface area contributed by atoms with Gasteiger partial charge in [-0.05, 0) is 48.2 Å². The fourth-order valence-corrected chi connectivity index (χ4v) is 4.07. The highest BCUT2D eigenvalue weighted by molar-refractivity contribution is 6.00. The van der Waals surface area contributed by atoms with E-state index in [1.165, 1.54) is 33.2 Å². The molecule has 1 aliphatic heterocycles. The fourth-order valence-electron chi connectivity index (χ4n) is 4.07. The van der Waals surface area contributed by atoms with Gasteiger partial charge in [-0.2, -0.15) is 0 Å². The van der Waals surface area contributed by atoms with Crippen LogP contribution in [0.3, 0.4) is 0 Å². The number of benzene rings is 1. The monoisotopic (exact) mass is 295 g/mol. The molecule has 4 heteroatoms. The Balaban J connectivity index is 2.01. The molecule has 2 aliphatic rings. The van der Waals surface area contributed by atoms with E-state index in [4.69, 9.17) is 5.73 Å². The van der Waals surface area contributed by atoms with Gasteiger partial charge in [-0.25, -0.2) is 0 Å². The van der Waals surface area contributed by atoms with Gasteiger partial charge in [0.2, 0.25) is 5.91 Å². The Labute approximate surface area is 130 Å². The number of nitrogens with zero attached hydrogens (tertiary/aromatic N) is 1. The number of nitrogens with two attached hydrogens (primary N) is 1. The first-order valence-corrected chi connectivity index (χ1v) is 7.93. The number of fused-ring (bicyclic) bond motifs is 2. The van der Waals surface area contributed by atoms with Crippen molar-refractivity contribution in [3.8, 4) is 0 Å². The molecule has 1 aromatic heterocycles. The van der Waals surface area contributed by atoms with Crippen molar-refractivity contribution in [2.75, 3.05) is 13.6 Å². The number of rotatable bonds is 2. The zero-order chi connectivity index (χ0) is 15.4. The number of aromatic nitrogens is 1. The average Bonchev–Trinajstić information content (AvgIpc) is 2.92. The number of nitrogens with one attached hydrogen (secondary N) is 1. The largest absolute Gasteiger partial charge is 0.369 e. The Morgan fingerprint density at radius 1 is 1.45 bits per heavy atom. The molecule has 0 saturated carbocycles. The molecule has 1 aliphatic carbocycles. The maximum Gasteiger partial charge on any atom is 0.225 e. The number of likely N-dealkylation sites (N-methyl/N-ethyl adjacent to an activating group) is 1. The van der Waals surface area contributed by atoms with Crippen LogP contribution in [0.15, 0.2) is 24.4 Å². The van der Waals surface area contributed by atoms with Crippen LogP contribution in [0.2, 0.25) is 0 Å². The molecular formula is C18H21N3O. The summed E-state index contributed by atoms with van der Waals surface area (Å²) in [7, 11) is 2.09. The molecule has 4 nitrogen and oxygen atoms in total. The van der Waals surface area contributed by atoms with E-state index < -0.39 is 0 Å². The molecule has 1 amide bonds. The van der Waals surface area contributed by atoms with Crippen molar-refractivity contribution in [1.29, 1.82) is 0 Å². The van der Waals surface area contributed by atoms with E-state index in [9.17, 15) is 4.79 Å². The number of H-pyrrole nitrogens is 1.